The van der Waals surface area contributed by atoms with Gasteiger partial charge in [0.15, 0.2) is 0 Å². The topological polar surface area (TPSA) is 34.2 Å². The van der Waals surface area contributed by atoms with Crippen LogP contribution in [0.1, 0.15) is 38.7 Å². The lowest BCUT2D eigenvalue weighted by molar-refractivity contribution is -0.0289. The van der Waals surface area contributed by atoms with Crippen LogP contribution in [0.5, 0.6) is 0 Å². The molecular weight excluding hydrogens is 236 g/mol. The molecule has 1 aromatic heterocycles. The number of ether oxygens (including phenoxy) is 1. The van der Waals surface area contributed by atoms with E-state index < -0.39 is 0 Å². The lowest BCUT2D eigenvalue weighted by Crippen LogP contribution is -2.39. The summed E-state index contributed by atoms with van der Waals surface area (Å²) in [5.41, 5.74) is 1.38. The maximum atomic E-state index is 5.64. The lowest BCUT2D eigenvalue weighted by Gasteiger charge is -2.37. The van der Waals surface area contributed by atoms with Crippen molar-refractivity contribution < 1.29 is 4.74 Å². The van der Waals surface area contributed by atoms with E-state index in [1.807, 2.05) is 12.4 Å². The third kappa shape index (κ3) is 4.59. The van der Waals surface area contributed by atoms with Crippen LogP contribution in [-0.4, -0.2) is 30.3 Å². The Morgan fingerprint density at radius 1 is 1.32 bits per heavy atom. The molecule has 1 heterocycles. The highest BCUT2D eigenvalue weighted by Crippen LogP contribution is 2.34. The summed E-state index contributed by atoms with van der Waals surface area (Å²) in [5.74, 6) is 0.836. The smallest absolute Gasteiger partial charge is 0.0580 e. The second-order valence-corrected chi connectivity index (χ2v) is 5.46. The molecule has 1 aliphatic carbocycles. The quantitative estimate of drug-likeness (QED) is 0.782. The summed E-state index contributed by atoms with van der Waals surface area (Å²) in [6.45, 7) is 6.16. The molecule has 1 fully saturated rings. The molecule has 0 aromatic carbocycles. The Balaban J connectivity index is 1.77. The van der Waals surface area contributed by atoms with Gasteiger partial charge >= 0.3 is 0 Å². The SMILES string of the molecule is CCNC(Cc1ccncc1)CC1CC(OCC)C1. The number of hydrogen-bond acceptors (Lipinski definition) is 3. The van der Waals surface area contributed by atoms with Gasteiger partial charge in [-0.05, 0) is 62.8 Å². The molecule has 3 heteroatoms. The number of likely N-dealkylation sites (N-methyl/N-ethyl adjacent to an activating group) is 1. The summed E-state index contributed by atoms with van der Waals surface area (Å²) < 4.78 is 5.64. The van der Waals surface area contributed by atoms with Crippen molar-refractivity contribution in [1.82, 2.24) is 10.3 Å². The Morgan fingerprint density at radius 3 is 2.68 bits per heavy atom. The van der Waals surface area contributed by atoms with Gasteiger partial charge in [-0.2, -0.15) is 0 Å². The van der Waals surface area contributed by atoms with E-state index in [4.69, 9.17) is 4.74 Å². The fourth-order valence-corrected chi connectivity index (χ4v) is 2.97. The van der Waals surface area contributed by atoms with Crippen LogP contribution in [0.15, 0.2) is 24.5 Å². The summed E-state index contributed by atoms with van der Waals surface area (Å²) in [6.07, 6.45) is 9.14. The molecule has 19 heavy (non-hydrogen) atoms. The zero-order chi connectivity index (χ0) is 13.5. The molecule has 1 unspecified atom stereocenters. The van der Waals surface area contributed by atoms with Crippen molar-refractivity contribution in [2.45, 2.75) is 51.7 Å². The van der Waals surface area contributed by atoms with Crippen molar-refractivity contribution in [2.75, 3.05) is 13.2 Å². The van der Waals surface area contributed by atoms with Crippen LogP contribution < -0.4 is 5.32 Å². The Bertz CT molecular complexity index is 349. The predicted molar refractivity (Wildman–Crippen MR) is 78.2 cm³/mol. The van der Waals surface area contributed by atoms with E-state index in [0.717, 1.165) is 25.5 Å². The van der Waals surface area contributed by atoms with Crippen LogP contribution in [-0.2, 0) is 11.2 Å². The van der Waals surface area contributed by atoms with Gasteiger partial charge in [0.2, 0.25) is 0 Å². The van der Waals surface area contributed by atoms with E-state index in [-0.39, 0.29) is 0 Å². The van der Waals surface area contributed by atoms with Gasteiger partial charge in [0.25, 0.3) is 0 Å². The van der Waals surface area contributed by atoms with E-state index in [0.29, 0.717) is 12.1 Å². The van der Waals surface area contributed by atoms with E-state index in [1.165, 1.54) is 24.8 Å². The first-order chi connectivity index (χ1) is 9.31. The number of aromatic nitrogens is 1. The van der Waals surface area contributed by atoms with E-state index in [1.54, 1.807) is 0 Å². The summed E-state index contributed by atoms with van der Waals surface area (Å²) in [5, 5.41) is 3.62. The van der Waals surface area contributed by atoms with E-state index in [9.17, 15) is 0 Å². The lowest BCUT2D eigenvalue weighted by atomic mass is 9.77. The van der Waals surface area contributed by atoms with Crippen molar-refractivity contribution in [2.24, 2.45) is 5.92 Å². The average molecular weight is 262 g/mol. The highest BCUT2D eigenvalue weighted by Gasteiger charge is 2.31. The first kappa shape index (κ1) is 14.5. The molecule has 1 N–H and O–H groups in total. The molecular formula is C16H26N2O. The minimum atomic E-state index is 0.526. The molecule has 0 bridgehead atoms. The molecule has 1 saturated carbocycles. The molecule has 0 amide bonds. The largest absolute Gasteiger partial charge is 0.378 e. The third-order valence-corrected chi connectivity index (χ3v) is 3.94. The molecule has 0 radical (unpaired) electrons. The summed E-state index contributed by atoms with van der Waals surface area (Å²) in [6, 6.07) is 4.82. The number of hydrogen-bond donors (Lipinski definition) is 1. The van der Waals surface area contributed by atoms with Gasteiger partial charge in [-0.25, -0.2) is 0 Å². The van der Waals surface area contributed by atoms with Crippen LogP contribution in [0, 0.1) is 5.92 Å². The van der Waals surface area contributed by atoms with Crippen LogP contribution in [0.4, 0.5) is 0 Å². The second-order valence-electron chi connectivity index (χ2n) is 5.46. The molecule has 0 saturated heterocycles. The maximum Gasteiger partial charge on any atom is 0.0580 e. The van der Waals surface area contributed by atoms with Crippen molar-refractivity contribution in [1.29, 1.82) is 0 Å². The number of nitrogens with zero attached hydrogens (tertiary/aromatic N) is 1. The predicted octanol–water partition coefficient (Wildman–Crippen LogP) is 2.81. The first-order valence-corrected chi connectivity index (χ1v) is 7.55. The fraction of sp³-hybridized carbons (Fsp3) is 0.688. The van der Waals surface area contributed by atoms with Crippen LogP contribution in [0.3, 0.4) is 0 Å². The molecule has 3 nitrogen and oxygen atoms in total. The van der Waals surface area contributed by atoms with E-state index >= 15 is 0 Å². The van der Waals surface area contributed by atoms with Gasteiger partial charge in [0, 0.05) is 25.0 Å². The van der Waals surface area contributed by atoms with Gasteiger partial charge < -0.3 is 10.1 Å². The zero-order valence-electron chi connectivity index (χ0n) is 12.1. The van der Waals surface area contributed by atoms with Crippen molar-refractivity contribution in [3.63, 3.8) is 0 Å². The third-order valence-electron chi connectivity index (χ3n) is 3.94. The second kappa shape index (κ2) is 7.61. The molecule has 0 spiro atoms. The molecule has 0 aliphatic heterocycles. The molecule has 2 rings (SSSR count). The van der Waals surface area contributed by atoms with Crippen molar-refractivity contribution >= 4 is 0 Å². The summed E-state index contributed by atoms with van der Waals surface area (Å²) in [4.78, 5) is 4.08. The molecule has 1 aromatic rings. The van der Waals surface area contributed by atoms with Crippen LogP contribution in [0.2, 0.25) is 0 Å². The van der Waals surface area contributed by atoms with Crippen molar-refractivity contribution in [3.8, 4) is 0 Å². The van der Waals surface area contributed by atoms with Gasteiger partial charge in [-0.3, -0.25) is 4.98 Å². The van der Waals surface area contributed by atoms with Crippen LogP contribution >= 0.6 is 0 Å². The van der Waals surface area contributed by atoms with Crippen LogP contribution in [0.25, 0.3) is 0 Å². The molecule has 1 aliphatic rings. The Morgan fingerprint density at radius 2 is 2.05 bits per heavy atom. The highest BCUT2D eigenvalue weighted by atomic mass is 16.5. The minimum Gasteiger partial charge on any atom is -0.378 e. The number of pyridine rings is 1. The van der Waals surface area contributed by atoms with Crippen molar-refractivity contribution in [3.05, 3.63) is 30.1 Å². The fourth-order valence-electron chi connectivity index (χ4n) is 2.97. The maximum absolute atomic E-state index is 5.64. The minimum absolute atomic E-state index is 0.526. The van der Waals surface area contributed by atoms with Gasteiger partial charge in [-0.1, -0.05) is 6.92 Å². The zero-order valence-corrected chi connectivity index (χ0v) is 12.1. The highest BCUT2D eigenvalue weighted by molar-refractivity contribution is 5.11. The standard InChI is InChI=1S/C16H26N2O/c1-3-18-15(9-13-5-7-17-8-6-13)10-14-11-16(12-14)19-4-2/h5-8,14-16,18H,3-4,9-12H2,1-2H3. The van der Waals surface area contributed by atoms with Gasteiger partial charge in [0.05, 0.1) is 6.10 Å². The van der Waals surface area contributed by atoms with Gasteiger partial charge in [0.1, 0.15) is 0 Å². The van der Waals surface area contributed by atoms with E-state index in [2.05, 4.69) is 36.3 Å². The monoisotopic (exact) mass is 262 g/mol. The summed E-state index contributed by atoms with van der Waals surface area (Å²) >= 11 is 0. The summed E-state index contributed by atoms with van der Waals surface area (Å²) in [7, 11) is 0. The van der Waals surface area contributed by atoms with Gasteiger partial charge in [-0.15, -0.1) is 0 Å². The number of nitrogens with one attached hydrogen (secondary N) is 1. The average Bonchev–Trinajstić information content (AvgIpc) is 2.38. The Hall–Kier alpha value is -0.930. The Kier molecular flexibility index (Phi) is 5.80. The first-order valence-electron chi connectivity index (χ1n) is 7.55. The molecule has 1 atom stereocenters. The number of rotatable bonds is 8. The normalized spacial score (nSPS) is 23.9. The molecule has 106 valence electrons. The Labute approximate surface area is 116 Å².